The molecule has 1 N–H and O–H groups in total. The third-order valence-corrected chi connectivity index (χ3v) is 7.28. The van der Waals surface area contributed by atoms with E-state index in [1.54, 1.807) is 13.3 Å². The summed E-state index contributed by atoms with van der Waals surface area (Å²) in [6.07, 6.45) is 9.41. The number of hydrogen-bond acceptors (Lipinski definition) is 4. The molecule has 34 heavy (non-hydrogen) atoms. The molecule has 2 aromatic carbocycles. The van der Waals surface area contributed by atoms with Gasteiger partial charge in [0.1, 0.15) is 5.75 Å². The van der Waals surface area contributed by atoms with Crippen LogP contribution in [0.15, 0.2) is 60.8 Å². The van der Waals surface area contributed by atoms with E-state index in [2.05, 4.69) is 34.2 Å². The fourth-order valence-corrected chi connectivity index (χ4v) is 5.07. The second-order valence-corrected chi connectivity index (χ2v) is 9.43. The first-order chi connectivity index (χ1) is 16.5. The average Bonchev–Trinajstić information content (AvgIpc) is 2.86. The van der Waals surface area contributed by atoms with E-state index in [0.717, 1.165) is 48.3 Å². The summed E-state index contributed by atoms with van der Waals surface area (Å²) in [7, 11) is 1.64. The van der Waals surface area contributed by atoms with Crippen LogP contribution in [0.1, 0.15) is 36.8 Å². The molecule has 0 amide bonds. The number of aryl methyl sites for hydroxylation is 1. The molecule has 0 aliphatic carbocycles. The van der Waals surface area contributed by atoms with Gasteiger partial charge in [-0.05, 0) is 74.5 Å². The molecule has 2 heterocycles. The van der Waals surface area contributed by atoms with Crippen LogP contribution in [0.25, 0.3) is 17.0 Å². The van der Waals surface area contributed by atoms with Crippen LogP contribution in [0.2, 0.25) is 5.02 Å². The molecule has 5 nitrogen and oxygen atoms in total. The summed E-state index contributed by atoms with van der Waals surface area (Å²) in [5.41, 5.74) is 2.38. The van der Waals surface area contributed by atoms with E-state index in [1.807, 2.05) is 36.4 Å². The van der Waals surface area contributed by atoms with Crippen molar-refractivity contribution in [1.82, 2.24) is 9.88 Å². The number of rotatable bonds is 9. The lowest BCUT2D eigenvalue weighted by molar-refractivity contribution is -0.152. The molecule has 178 valence electrons. The van der Waals surface area contributed by atoms with Crippen LogP contribution in [0, 0.1) is 5.41 Å². The summed E-state index contributed by atoms with van der Waals surface area (Å²) in [6, 6.07) is 16.0. The highest BCUT2D eigenvalue weighted by Gasteiger charge is 2.40. The molecule has 0 spiro atoms. The molecule has 0 unspecified atom stereocenters. The fourth-order valence-electron chi connectivity index (χ4n) is 4.82. The standard InChI is InChI=1S/C28H31ClN2O3/c1-34-22-11-12-26-24(19-22)23(25(29)20-30-26)10-5-13-28(27(32)33)14-17-31(18-15-28)16-6-9-21-7-3-2-4-8-21/h2-4,6-9,11-12,19-20H,5,10,13-18H2,1H3,(H,32,33)/b9-6+. The number of carboxylic acid groups (broad SMARTS) is 1. The van der Waals surface area contributed by atoms with E-state index >= 15 is 0 Å². The minimum Gasteiger partial charge on any atom is -0.497 e. The number of carbonyl (C=O) groups is 1. The van der Waals surface area contributed by atoms with Crippen LogP contribution in [0.4, 0.5) is 0 Å². The predicted octanol–water partition coefficient (Wildman–Crippen LogP) is 6.10. The first-order valence-electron chi connectivity index (χ1n) is 11.8. The zero-order valence-electron chi connectivity index (χ0n) is 19.5. The van der Waals surface area contributed by atoms with Crippen molar-refractivity contribution in [3.8, 4) is 5.75 Å². The molecule has 3 aromatic rings. The van der Waals surface area contributed by atoms with Crippen LogP contribution in [-0.2, 0) is 11.2 Å². The Kier molecular flexibility index (Phi) is 7.86. The lowest BCUT2D eigenvalue weighted by atomic mass is 9.74. The van der Waals surface area contributed by atoms with E-state index in [9.17, 15) is 9.90 Å². The monoisotopic (exact) mass is 478 g/mol. The summed E-state index contributed by atoms with van der Waals surface area (Å²) in [5.74, 6) is 0.0767. The summed E-state index contributed by atoms with van der Waals surface area (Å²) < 4.78 is 5.37. The lowest BCUT2D eigenvalue weighted by Gasteiger charge is -2.38. The minimum atomic E-state index is -0.681. The maximum absolute atomic E-state index is 12.3. The number of carboxylic acids is 1. The first kappa shape index (κ1) is 24.2. The number of ether oxygens (including phenoxy) is 1. The van der Waals surface area contributed by atoms with Gasteiger partial charge in [0.25, 0.3) is 0 Å². The molecule has 1 aliphatic rings. The highest BCUT2D eigenvalue weighted by atomic mass is 35.5. The van der Waals surface area contributed by atoms with E-state index in [4.69, 9.17) is 16.3 Å². The molecule has 4 rings (SSSR count). The Balaban J connectivity index is 1.37. The molecule has 6 heteroatoms. The zero-order valence-corrected chi connectivity index (χ0v) is 20.3. The predicted molar refractivity (Wildman–Crippen MR) is 137 cm³/mol. The van der Waals surface area contributed by atoms with Crippen LogP contribution in [-0.4, -0.2) is 47.7 Å². The number of piperidine rings is 1. The SMILES string of the molecule is COc1ccc2ncc(Cl)c(CCCC3(C(=O)O)CCN(C/C=C/c4ccccc4)CC3)c2c1. The van der Waals surface area contributed by atoms with Gasteiger partial charge in [0.2, 0.25) is 0 Å². The molecule has 1 aliphatic heterocycles. The quantitative estimate of drug-likeness (QED) is 0.402. The third kappa shape index (κ3) is 5.60. The molecule has 1 saturated heterocycles. The molecule has 1 fully saturated rings. The van der Waals surface area contributed by atoms with E-state index in [0.29, 0.717) is 30.7 Å². The molecule has 0 radical (unpaired) electrons. The Morgan fingerprint density at radius 1 is 1.21 bits per heavy atom. The van der Waals surface area contributed by atoms with Crippen molar-refractivity contribution in [2.24, 2.45) is 5.41 Å². The minimum absolute atomic E-state index is 0.616. The number of aromatic nitrogens is 1. The second-order valence-electron chi connectivity index (χ2n) is 9.02. The highest BCUT2D eigenvalue weighted by molar-refractivity contribution is 6.32. The van der Waals surface area contributed by atoms with Gasteiger partial charge in [-0.15, -0.1) is 0 Å². The number of hydrogen-bond donors (Lipinski definition) is 1. The van der Waals surface area contributed by atoms with Crippen LogP contribution >= 0.6 is 11.6 Å². The number of methoxy groups -OCH3 is 1. The average molecular weight is 479 g/mol. The van der Waals surface area contributed by atoms with Gasteiger partial charge < -0.3 is 9.84 Å². The maximum Gasteiger partial charge on any atom is 0.309 e. The van der Waals surface area contributed by atoms with Gasteiger partial charge in [-0.2, -0.15) is 0 Å². The number of aliphatic carboxylic acids is 1. The topological polar surface area (TPSA) is 62.7 Å². The molecule has 0 bridgehead atoms. The van der Waals surface area contributed by atoms with Crippen molar-refractivity contribution in [3.63, 3.8) is 0 Å². The Hall–Kier alpha value is -2.89. The van der Waals surface area contributed by atoms with E-state index < -0.39 is 11.4 Å². The van der Waals surface area contributed by atoms with Gasteiger partial charge in [0.05, 0.1) is 23.1 Å². The second kappa shape index (κ2) is 11.0. The number of nitrogens with zero attached hydrogens (tertiary/aromatic N) is 2. The van der Waals surface area contributed by atoms with Gasteiger partial charge in [0, 0.05) is 18.1 Å². The van der Waals surface area contributed by atoms with Crippen molar-refractivity contribution in [2.75, 3.05) is 26.7 Å². The van der Waals surface area contributed by atoms with Gasteiger partial charge in [-0.3, -0.25) is 14.7 Å². The normalized spacial score (nSPS) is 16.2. The third-order valence-electron chi connectivity index (χ3n) is 6.96. The van der Waals surface area contributed by atoms with Crippen LogP contribution in [0.3, 0.4) is 0 Å². The van der Waals surface area contributed by atoms with Gasteiger partial charge in [-0.1, -0.05) is 54.1 Å². The Morgan fingerprint density at radius 3 is 2.68 bits per heavy atom. The van der Waals surface area contributed by atoms with E-state index in [-0.39, 0.29) is 0 Å². The Labute approximate surface area is 206 Å². The van der Waals surface area contributed by atoms with Crippen LogP contribution in [0.5, 0.6) is 5.75 Å². The smallest absolute Gasteiger partial charge is 0.309 e. The van der Waals surface area contributed by atoms with Crippen molar-refractivity contribution < 1.29 is 14.6 Å². The molecular formula is C28H31ClN2O3. The van der Waals surface area contributed by atoms with Crippen molar-refractivity contribution in [2.45, 2.75) is 32.1 Å². The maximum atomic E-state index is 12.3. The fraction of sp³-hybridized carbons (Fsp3) is 0.357. The molecular weight excluding hydrogens is 448 g/mol. The lowest BCUT2D eigenvalue weighted by Crippen LogP contribution is -2.44. The Morgan fingerprint density at radius 2 is 1.97 bits per heavy atom. The summed E-state index contributed by atoms with van der Waals surface area (Å²) in [5, 5.41) is 11.7. The van der Waals surface area contributed by atoms with Gasteiger partial charge in [-0.25, -0.2) is 0 Å². The number of likely N-dealkylation sites (tertiary alicyclic amines) is 1. The molecule has 1 aromatic heterocycles. The number of benzene rings is 2. The summed E-state index contributed by atoms with van der Waals surface area (Å²) in [4.78, 5) is 19.1. The van der Waals surface area contributed by atoms with Crippen molar-refractivity contribution in [3.05, 3.63) is 77.0 Å². The van der Waals surface area contributed by atoms with Crippen molar-refractivity contribution in [1.29, 1.82) is 0 Å². The highest BCUT2D eigenvalue weighted by Crippen LogP contribution is 2.38. The summed E-state index contributed by atoms with van der Waals surface area (Å²) in [6.45, 7) is 2.42. The molecule has 0 saturated carbocycles. The zero-order chi connectivity index (χ0) is 24.0. The van der Waals surface area contributed by atoms with E-state index in [1.165, 1.54) is 5.56 Å². The van der Waals surface area contributed by atoms with Gasteiger partial charge in [0.15, 0.2) is 0 Å². The Bertz CT molecular complexity index is 1160. The first-order valence-corrected chi connectivity index (χ1v) is 12.2. The van der Waals surface area contributed by atoms with Gasteiger partial charge >= 0.3 is 5.97 Å². The largest absolute Gasteiger partial charge is 0.497 e. The number of pyridine rings is 1. The number of fused-ring (bicyclic) bond motifs is 1. The van der Waals surface area contributed by atoms with Crippen LogP contribution < -0.4 is 4.74 Å². The number of halogens is 1. The molecule has 0 atom stereocenters. The summed E-state index contributed by atoms with van der Waals surface area (Å²) >= 11 is 6.50. The van der Waals surface area contributed by atoms with Crippen molar-refractivity contribution >= 4 is 34.5 Å².